The fraction of sp³-hybridized carbons (Fsp3) is 0.455. The van der Waals surface area contributed by atoms with E-state index in [1.165, 1.54) is 6.33 Å². The van der Waals surface area contributed by atoms with Gasteiger partial charge in [-0.25, -0.2) is 4.98 Å². The number of aryl methyl sites for hydroxylation is 1. The molecule has 2 N–H and O–H groups in total. The topological polar surface area (TPSA) is 88.5 Å². The van der Waals surface area contributed by atoms with E-state index < -0.39 is 0 Å². The molecule has 0 aromatic carbocycles. The zero-order chi connectivity index (χ0) is 13.2. The van der Waals surface area contributed by atoms with Crippen LogP contribution < -0.4 is 5.32 Å². The number of H-pyrrole nitrogens is 1. The molecule has 1 aliphatic rings. The molecule has 3 rings (SSSR count). The van der Waals surface area contributed by atoms with Gasteiger partial charge in [0.2, 0.25) is 0 Å². The second kappa shape index (κ2) is 5.04. The first-order valence-corrected chi connectivity index (χ1v) is 7.22. The number of fused-ring (bicyclic) bond motifs is 1. The van der Waals surface area contributed by atoms with Gasteiger partial charge in [0.25, 0.3) is 5.91 Å². The quantitative estimate of drug-likeness (QED) is 0.825. The Morgan fingerprint density at radius 1 is 1.47 bits per heavy atom. The van der Waals surface area contributed by atoms with Crippen molar-refractivity contribution in [3.8, 4) is 11.5 Å². The minimum absolute atomic E-state index is 0.201. The van der Waals surface area contributed by atoms with Crippen molar-refractivity contribution in [2.75, 3.05) is 18.6 Å². The van der Waals surface area contributed by atoms with Gasteiger partial charge in [-0.3, -0.25) is 4.79 Å². The normalized spacial score (nSPS) is 14.8. The Morgan fingerprint density at radius 3 is 3.21 bits per heavy atom. The lowest BCUT2D eigenvalue weighted by Crippen LogP contribution is -2.19. The van der Waals surface area contributed by atoms with Gasteiger partial charge >= 0.3 is 0 Å². The van der Waals surface area contributed by atoms with Gasteiger partial charge < -0.3 is 14.9 Å². The third kappa shape index (κ3) is 2.12. The van der Waals surface area contributed by atoms with E-state index in [0.29, 0.717) is 17.2 Å². The Bertz CT molecular complexity index is 604. The molecule has 0 radical (unpaired) electrons. The average molecular weight is 278 g/mol. The highest BCUT2D eigenvalue weighted by Gasteiger charge is 2.22. The van der Waals surface area contributed by atoms with Crippen LogP contribution in [-0.4, -0.2) is 49.2 Å². The number of hydrogen-bond acceptors (Lipinski definition) is 5. The van der Waals surface area contributed by atoms with E-state index in [-0.39, 0.29) is 5.91 Å². The van der Waals surface area contributed by atoms with Gasteiger partial charge in [0.1, 0.15) is 17.2 Å². The van der Waals surface area contributed by atoms with E-state index in [9.17, 15) is 4.79 Å². The molecule has 2 aromatic rings. The predicted molar refractivity (Wildman–Crippen MR) is 72.0 cm³/mol. The van der Waals surface area contributed by atoms with Gasteiger partial charge in [-0.2, -0.15) is 11.8 Å². The first-order valence-electron chi connectivity index (χ1n) is 6.07. The lowest BCUT2D eigenvalue weighted by Gasteiger charge is -2.05. The summed E-state index contributed by atoms with van der Waals surface area (Å²) in [6, 6.07) is 0. The second-order valence-electron chi connectivity index (χ2n) is 4.16. The number of amides is 1. The molecule has 1 amide bonds. The maximum atomic E-state index is 11.8. The number of carbonyl (C=O) groups is 1. The maximum absolute atomic E-state index is 11.8. The number of rotatable bonds is 2. The Morgan fingerprint density at radius 2 is 2.37 bits per heavy atom. The number of carbonyl (C=O) groups excluding carboxylic acids is 1. The summed E-state index contributed by atoms with van der Waals surface area (Å²) < 4.78 is 2.06. The summed E-state index contributed by atoms with van der Waals surface area (Å²) in [6.45, 7) is 0.850. The summed E-state index contributed by atoms with van der Waals surface area (Å²) in [7, 11) is 1.59. The largest absolute Gasteiger partial charge is 0.354 e. The first-order chi connectivity index (χ1) is 9.31. The van der Waals surface area contributed by atoms with Gasteiger partial charge in [0, 0.05) is 31.5 Å². The summed E-state index contributed by atoms with van der Waals surface area (Å²) in [5.74, 6) is 3.51. The number of aromatic nitrogens is 5. The minimum atomic E-state index is -0.201. The van der Waals surface area contributed by atoms with E-state index in [2.05, 4.69) is 30.0 Å². The standard InChI is InChI=1S/C11H14N6OS/c1-12-11(18)9-8(13-6-14-9)10-16-15-7-2-4-19-5-3-17(7)10/h6H,2-5H2,1H3,(H,12,18)(H,13,14). The van der Waals surface area contributed by atoms with Gasteiger partial charge in [-0.05, 0) is 0 Å². The number of aromatic amines is 1. The number of thioether (sulfide) groups is 1. The lowest BCUT2D eigenvalue weighted by molar-refractivity contribution is 0.0959. The van der Waals surface area contributed by atoms with E-state index in [1.54, 1.807) is 7.05 Å². The Labute approximate surface area is 114 Å². The van der Waals surface area contributed by atoms with Crippen LogP contribution in [0.5, 0.6) is 0 Å². The van der Waals surface area contributed by atoms with Crippen molar-refractivity contribution in [2.45, 2.75) is 13.0 Å². The van der Waals surface area contributed by atoms with Crippen LogP contribution in [0.4, 0.5) is 0 Å². The van der Waals surface area contributed by atoms with E-state index >= 15 is 0 Å². The van der Waals surface area contributed by atoms with Crippen LogP contribution in [0.3, 0.4) is 0 Å². The van der Waals surface area contributed by atoms with Crippen LogP contribution in [0.2, 0.25) is 0 Å². The minimum Gasteiger partial charge on any atom is -0.354 e. The summed E-state index contributed by atoms with van der Waals surface area (Å²) in [5.41, 5.74) is 0.986. The molecule has 100 valence electrons. The third-order valence-corrected chi connectivity index (χ3v) is 4.03. The smallest absolute Gasteiger partial charge is 0.269 e. The fourth-order valence-corrected chi connectivity index (χ4v) is 2.96. The Kier molecular flexibility index (Phi) is 3.24. The van der Waals surface area contributed by atoms with Crippen molar-refractivity contribution >= 4 is 17.7 Å². The summed E-state index contributed by atoms with van der Waals surface area (Å²) in [5, 5.41) is 11.0. The molecule has 0 saturated heterocycles. The van der Waals surface area contributed by atoms with Gasteiger partial charge in [-0.15, -0.1) is 10.2 Å². The van der Waals surface area contributed by atoms with Crippen LogP contribution >= 0.6 is 11.8 Å². The van der Waals surface area contributed by atoms with Crippen LogP contribution in [-0.2, 0) is 13.0 Å². The average Bonchev–Trinajstić information content (AvgIpc) is 2.99. The molecule has 8 heteroatoms. The van der Waals surface area contributed by atoms with Crippen LogP contribution in [0, 0.1) is 0 Å². The summed E-state index contributed by atoms with van der Waals surface area (Å²) in [6.07, 6.45) is 2.41. The Balaban J connectivity index is 2.06. The van der Waals surface area contributed by atoms with Crippen LogP contribution in [0.25, 0.3) is 11.5 Å². The van der Waals surface area contributed by atoms with E-state index in [1.807, 2.05) is 11.8 Å². The highest BCUT2D eigenvalue weighted by Crippen LogP contribution is 2.22. The molecule has 19 heavy (non-hydrogen) atoms. The molecule has 0 saturated carbocycles. The monoisotopic (exact) mass is 278 g/mol. The molecular formula is C11H14N6OS. The molecule has 0 atom stereocenters. The van der Waals surface area contributed by atoms with Crippen molar-refractivity contribution < 1.29 is 4.79 Å². The molecule has 0 unspecified atom stereocenters. The van der Waals surface area contributed by atoms with Crippen molar-refractivity contribution in [1.29, 1.82) is 0 Å². The lowest BCUT2D eigenvalue weighted by atomic mass is 10.3. The molecule has 0 aliphatic carbocycles. The Hall–Kier alpha value is -1.83. The zero-order valence-corrected chi connectivity index (χ0v) is 11.3. The molecule has 3 heterocycles. The first kappa shape index (κ1) is 12.2. The van der Waals surface area contributed by atoms with E-state index in [0.717, 1.165) is 30.3 Å². The number of nitrogens with zero attached hydrogens (tertiary/aromatic N) is 4. The fourth-order valence-electron chi connectivity index (χ4n) is 2.11. The number of nitrogens with one attached hydrogen (secondary N) is 2. The SMILES string of the molecule is CNC(=O)c1[nH]cnc1-c1nnc2n1CCSCC2. The summed E-state index contributed by atoms with van der Waals surface area (Å²) in [4.78, 5) is 18.9. The maximum Gasteiger partial charge on any atom is 0.269 e. The molecule has 0 bridgehead atoms. The van der Waals surface area contributed by atoms with Crippen LogP contribution in [0.15, 0.2) is 6.33 Å². The zero-order valence-electron chi connectivity index (χ0n) is 10.5. The number of imidazole rings is 1. The second-order valence-corrected chi connectivity index (χ2v) is 5.38. The molecule has 0 fully saturated rings. The number of hydrogen-bond donors (Lipinski definition) is 2. The summed E-state index contributed by atoms with van der Waals surface area (Å²) >= 11 is 1.90. The van der Waals surface area contributed by atoms with Crippen molar-refractivity contribution in [3.05, 3.63) is 17.8 Å². The van der Waals surface area contributed by atoms with E-state index in [4.69, 9.17) is 0 Å². The molecular weight excluding hydrogens is 264 g/mol. The molecule has 7 nitrogen and oxygen atoms in total. The highest BCUT2D eigenvalue weighted by atomic mass is 32.2. The predicted octanol–water partition coefficient (Wildman–Crippen LogP) is 0.317. The van der Waals surface area contributed by atoms with Crippen LogP contribution in [0.1, 0.15) is 16.3 Å². The molecule has 1 aliphatic heterocycles. The van der Waals surface area contributed by atoms with Gasteiger partial charge in [0.05, 0.1) is 6.33 Å². The third-order valence-electron chi connectivity index (χ3n) is 3.06. The van der Waals surface area contributed by atoms with Crippen molar-refractivity contribution in [2.24, 2.45) is 0 Å². The molecule has 0 spiro atoms. The molecule has 2 aromatic heterocycles. The van der Waals surface area contributed by atoms with Crippen molar-refractivity contribution in [1.82, 2.24) is 30.0 Å². The van der Waals surface area contributed by atoms with Gasteiger partial charge in [-0.1, -0.05) is 0 Å². The highest BCUT2D eigenvalue weighted by molar-refractivity contribution is 7.99. The van der Waals surface area contributed by atoms with Gasteiger partial charge in [0.15, 0.2) is 5.82 Å². The van der Waals surface area contributed by atoms with Crippen molar-refractivity contribution in [3.63, 3.8) is 0 Å².